The molecule has 0 amide bonds. The van der Waals surface area contributed by atoms with Crippen LogP contribution < -0.4 is 10.1 Å². The number of nitrogens with one attached hydrogen (secondary N) is 1. The summed E-state index contributed by atoms with van der Waals surface area (Å²) in [5.74, 6) is 1.50. The molecule has 1 heterocycles. The Bertz CT molecular complexity index is 716. The maximum atomic E-state index is 5.52. The van der Waals surface area contributed by atoms with Gasteiger partial charge >= 0.3 is 0 Å². The van der Waals surface area contributed by atoms with Crippen molar-refractivity contribution >= 4 is 17.3 Å². The number of rotatable bonds is 5. The highest BCUT2D eigenvalue weighted by molar-refractivity contribution is 5.98. The fourth-order valence-corrected chi connectivity index (χ4v) is 2.32. The Labute approximate surface area is 136 Å². The molecule has 3 rings (SSSR count). The summed E-state index contributed by atoms with van der Waals surface area (Å²) >= 11 is 0. The second-order valence-electron chi connectivity index (χ2n) is 5.35. The molecule has 0 aromatic heterocycles. The lowest BCUT2D eigenvalue weighted by Crippen LogP contribution is -2.03. The van der Waals surface area contributed by atoms with Gasteiger partial charge in [-0.2, -0.15) is 0 Å². The van der Waals surface area contributed by atoms with E-state index in [1.165, 1.54) is 5.56 Å². The molecular weight excluding hydrogens is 288 g/mol. The van der Waals surface area contributed by atoms with Crippen LogP contribution in [-0.2, 0) is 4.74 Å². The van der Waals surface area contributed by atoms with Gasteiger partial charge in [-0.05, 0) is 36.8 Å². The third kappa shape index (κ3) is 3.92. The first kappa shape index (κ1) is 15.2. The van der Waals surface area contributed by atoms with Gasteiger partial charge in [0.05, 0.1) is 19.4 Å². The van der Waals surface area contributed by atoms with E-state index in [-0.39, 0.29) is 0 Å². The van der Waals surface area contributed by atoms with Crippen LogP contribution >= 0.6 is 0 Å². The highest BCUT2D eigenvalue weighted by atomic mass is 16.5. The summed E-state index contributed by atoms with van der Waals surface area (Å²) in [5, 5.41) is 3.44. The van der Waals surface area contributed by atoms with Gasteiger partial charge in [0.25, 0.3) is 0 Å². The van der Waals surface area contributed by atoms with E-state index in [0.29, 0.717) is 12.5 Å². The van der Waals surface area contributed by atoms with E-state index in [0.717, 1.165) is 29.2 Å². The van der Waals surface area contributed by atoms with Crippen molar-refractivity contribution in [2.75, 3.05) is 25.6 Å². The quantitative estimate of drug-likeness (QED) is 0.911. The van der Waals surface area contributed by atoms with Crippen LogP contribution in [0.5, 0.6) is 5.75 Å². The molecule has 0 unspecified atom stereocenters. The average molecular weight is 308 g/mol. The Hall–Kier alpha value is -2.75. The van der Waals surface area contributed by atoms with Crippen LogP contribution in [0.3, 0.4) is 0 Å². The summed E-state index contributed by atoms with van der Waals surface area (Å²) in [6, 6.07) is 16.2. The van der Waals surface area contributed by atoms with E-state index in [9.17, 15) is 0 Å². The van der Waals surface area contributed by atoms with E-state index >= 15 is 0 Å². The van der Waals surface area contributed by atoms with Crippen molar-refractivity contribution in [2.24, 2.45) is 4.99 Å². The monoisotopic (exact) mass is 308 g/mol. The van der Waals surface area contributed by atoms with Crippen molar-refractivity contribution in [1.29, 1.82) is 0 Å². The standard InChI is InChI=1S/C19H20N2O2/c1-14-3-5-15(6-4-14)18(13-19-20-11-12-23-19)21-16-7-9-17(22-2)10-8-16/h3-10,13,21H,11-12H2,1-2H3/b18-13-. The molecule has 2 aromatic rings. The zero-order valence-corrected chi connectivity index (χ0v) is 13.4. The molecule has 0 radical (unpaired) electrons. The van der Waals surface area contributed by atoms with Crippen LogP contribution in [0, 0.1) is 6.92 Å². The molecule has 118 valence electrons. The Morgan fingerprint density at radius 3 is 2.48 bits per heavy atom. The minimum Gasteiger partial charge on any atom is -0.497 e. The van der Waals surface area contributed by atoms with Crippen molar-refractivity contribution in [3.05, 3.63) is 65.7 Å². The number of benzene rings is 2. The SMILES string of the molecule is COc1ccc(N/C(=C\C2=NCCO2)c2ccc(C)cc2)cc1. The van der Waals surface area contributed by atoms with Crippen LogP contribution in [0.25, 0.3) is 5.70 Å². The highest BCUT2D eigenvalue weighted by Gasteiger charge is 2.09. The molecule has 0 atom stereocenters. The number of methoxy groups -OCH3 is 1. The summed E-state index contributed by atoms with van der Waals surface area (Å²) in [7, 11) is 1.66. The second kappa shape index (κ2) is 7.01. The average Bonchev–Trinajstić information content (AvgIpc) is 3.09. The number of aliphatic imine (C=N–C) groups is 1. The first-order chi connectivity index (χ1) is 11.2. The van der Waals surface area contributed by atoms with Gasteiger partial charge in [-0.1, -0.05) is 29.8 Å². The van der Waals surface area contributed by atoms with Crippen molar-refractivity contribution in [1.82, 2.24) is 0 Å². The fourth-order valence-electron chi connectivity index (χ4n) is 2.32. The smallest absolute Gasteiger partial charge is 0.210 e. The molecule has 0 spiro atoms. The molecule has 0 saturated carbocycles. The van der Waals surface area contributed by atoms with Crippen molar-refractivity contribution in [2.45, 2.75) is 6.92 Å². The van der Waals surface area contributed by atoms with Crippen LogP contribution in [0.2, 0.25) is 0 Å². The summed E-state index contributed by atoms with van der Waals surface area (Å²) in [5.41, 5.74) is 4.25. The first-order valence-corrected chi connectivity index (χ1v) is 7.62. The lowest BCUT2D eigenvalue weighted by Gasteiger charge is -2.12. The van der Waals surface area contributed by atoms with E-state index < -0.39 is 0 Å². The summed E-state index contributed by atoms with van der Waals surface area (Å²) in [6.07, 6.45) is 1.95. The Kier molecular flexibility index (Phi) is 4.62. The van der Waals surface area contributed by atoms with Gasteiger partial charge < -0.3 is 14.8 Å². The molecule has 0 fully saturated rings. The molecule has 0 bridgehead atoms. The summed E-state index contributed by atoms with van der Waals surface area (Å²) in [6.45, 7) is 3.44. The second-order valence-corrected chi connectivity index (χ2v) is 5.35. The normalized spacial score (nSPS) is 14.2. The van der Waals surface area contributed by atoms with Gasteiger partial charge in [0, 0.05) is 11.8 Å². The molecule has 4 nitrogen and oxygen atoms in total. The van der Waals surface area contributed by atoms with E-state index in [1.807, 2.05) is 30.3 Å². The lowest BCUT2D eigenvalue weighted by atomic mass is 10.1. The number of ether oxygens (including phenoxy) is 2. The lowest BCUT2D eigenvalue weighted by molar-refractivity contribution is 0.350. The number of anilines is 1. The van der Waals surface area contributed by atoms with Gasteiger partial charge in [0.1, 0.15) is 12.4 Å². The summed E-state index contributed by atoms with van der Waals surface area (Å²) in [4.78, 5) is 4.35. The highest BCUT2D eigenvalue weighted by Crippen LogP contribution is 2.22. The summed E-state index contributed by atoms with van der Waals surface area (Å²) < 4.78 is 10.7. The van der Waals surface area contributed by atoms with Gasteiger partial charge in [0.2, 0.25) is 5.90 Å². The first-order valence-electron chi connectivity index (χ1n) is 7.62. The van der Waals surface area contributed by atoms with Crippen molar-refractivity contribution in [3.8, 4) is 5.75 Å². The van der Waals surface area contributed by atoms with Gasteiger partial charge in [-0.15, -0.1) is 0 Å². The number of nitrogens with zero attached hydrogens (tertiary/aromatic N) is 1. The Morgan fingerprint density at radius 2 is 1.87 bits per heavy atom. The minimum absolute atomic E-state index is 0.648. The minimum atomic E-state index is 0.648. The van der Waals surface area contributed by atoms with Crippen molar-refractivity contribution in [3.63, 3.8) is 0 Å². The number of aryl methyl sites for hydroxylation is 1. The Morgan fingerprint density at radius 1 is 1.13 bits per heavy atom. The van der Waals surface area contributed by atoms with E-state index in [4.69, 9.17) is 9.47 Å². The van der Waals surface area contributed by atoms with Crippen LogP contribution in [0.4, 0.5) is 5.69 Å². The molecule has 0 aliphatic carbocycles. The zero-order valence-electron chi connectivity index (χ0n) is 13.4. The maximum absolute atomic E-state index is 5.52. The third-order valence-electron chi connectivity index (χ3n) is 3.61. The molecule has 23 heavy (non-hydrogen) atoms. The molecule has 1 aliphatic heterocycles. The Balaban J connectivity index is 1.89. The topological polar surface area (TPSA) is 42.8 Å². The van der Waals surface area contributed by atoms with Gasteiger partial charge in [-0.25, -0.2) is 4.99 Å². The molecule has 0 saturated heterocycles. The van der Waals surface area contributed by atoms with Crippen LogP contribution in [0.15, 0.2) is 59.6 Å². The zero-order chi connectivity index (χ0) is 16.1. The number of hydrogen-bond acceptors (Lipinski definition) is 4. The fraction of sp³-hybridized carbons (Fsp3) is 0.211. The van der Waals surface area contributed by atoms with Crippen molar-refractivity contribution < 1.29 is 9.47 Å². The molecular formula is C19H20N2O2. The van der Waals surface area contributed by atoms with Gasteiger partial charge in [0.15, 0.2) is 0 Å². The molecule has 2 aromatic carbocycles. The predicted molar refractivity (Wildman–Crippen MR) is 94.0 cm³/mol. The largest absolute Gasteiger partial charge is 0.497 e. The predicted octanol–water partition coefficient (Wildman–Crippen LogP) is 3.89. The van der Waals surface area contributed by atoms with E-state index in [1.54, 1.807) is 7.11 Å². The number of hydrogen-bond donors (Lipinski definition) is 1. The third-order valence-corrected chi connectivity index (χ3v) is 3.61. The van der Waals surface area contributed by atoms with Crippen LogP contribution in [0.1, 0.15) is 11.1 Å². The van der Waals surface area contributed by atoms with E-state index in [2.05, 4.69) is 41.5 Å². The molecule has 1 aliphatic rings. The van der Waals surface area contributed by atoms with Gasteiger partial charge in [-0.3, -0.25) is 0 Å². The molecule has 4 heteroatoms. The maximum Gasteiger partial charge on any atom is 0.210 e. The van der Waals surface area contributed by atoms with Crippen LogP contribution in [-0.4, -0.2) is 26.2 Å². The molecule has 1 N–H and O–H groups in total.